The number of methoxy groups -OCH3 is 2. The van der Waals surface area contributed by atoms with Crippen molar-refractivity contribution >= 4 is 0 Å². The highest BCUT2D eigenvalue weighted by molar-refractivity contribution is 5.56. The van der Waals surface area contributed by atoms with Crippen molar-refractivity contribution in [1.29, 1.82) is 0 Å². The molecule has 1 N–H and O–H groups in total. The van der Waals surface area contributed by atoms with Crippen LogP contribution in [0.25, 0.3) is 0 Å². The van der Waals surface area contributed by atoms with Crippen molar-refractivity contribution in [3.05, 3.63) is 53.6 Å². The van der Waals surface area contributed by atoms with E-state index < -0.39 is 0 Å². The number of hydrogen-bond acceptors (Lipinski definition) is 3. The van der Waals surface area contributed by atoms with Gasteiger partial charge >= 0.3 is 0 Å². The normalized spacial score (nSPS) is 13.3. The molecule has 2 rings (SSSR count). The molecule has 0 radical (unpaired) electrons. The summed E-state index contributed by atoms with van der Waals surface area (Å²) < 4.78 is 10.7. The first-order chi connectivity index (χ1) is 12.1. The van der Waals surface area contributed by atoms with E-state index in [-0.39, 0.29) is 11.2 Å². The van der Waals surface area contributed by atoms with Crippen LogP contribution in [-0.2, 0) is 5.41 Å². The SMILES string of the molecule is CCCCCCC(C)(c1ccccc1)c1cc(OC)c(O)c(OC)c1. The Morgan fingerprint density at radius 2 is 1.48 bits per heavy atom. The van der Waals surface area contributed by atoms with Crippen molar-refractivity contribution < 1.29 is 14.6 Å². The zero-order chi connectivity index (χ0) is 18.3. The molecule has 0 bridgehead atoms. The maximum Gasteiger partial charge on any atom is 0.200 e. The lowest BCUT2D eigenvalue weighted by Gasteiger charge is -2.32. The van der Waals surface area contributed by atoms with Crippen LogP contribution < -0.4 is 9.47 Å². The minimum atomic E-state index is -0.163. The molecule has 0 spiro atoms. The molecule has 0 aliphatic heterocycles. The van der Waals surface area contributed by atoms with Crippen LogP contribution in [0.4, 0.5) is 0 Å². The molecule has 0 aliphatic rings. The van der Waals surface area contributed by atoms with Gasteiger partial charge in [0.2, 0.25) is 5.75 Å². The fraction of sp³-hybridized carbons (Fsp3) is 0.455. The maximum absolute atomic E-state index is 10.2. The molecule has 3 nitrogen and oxygen atoms in total. The molecule has 1 atom stereocenters. The molecule has 3 heteroatoms. The number of unbranched alkanes of at least 4 members (excludes halogenated alkanes) is 3. The van der Waals surface area contributed by atoms with Gasteiger partial charge < -0.3 is 14.6 Å². The number of rotatable bonds is 9. The standard InChI is InChI=1S/C22H30O3/c1-5-6-7-11-14-22(2,17-12-9-8-10-13-17)18-15-19(24-3)21(23)20(16-18)25-4/h8-10,12-13,15-16,23H,5-7,11,14H2,1-4H3. The Balaban J connectivity index is 2.48. The second-order valence-electron chi connectivity index (χ2n) is 6.74. The first-order valence-electron chi connectivity index (χ1n) is 9.07. The maximum atomic E-state index is 10.2. The van der Waals surface area contributed by atoms with Crippen LogP contribution in [0.3, 0.4) is 0 Å². The van der Waals surface area contributed by atoms with Gasteiger partial charge in [-0.25, -0.2) is 0 Å². The highest BCUT2D eigenvalue weighted by atomic mass is 16.5. The van der Waals surface area contributed by atoms with E-state index >= 15 is 0 Å². The molecule has 0 aromatic heterocycles. The summed E-state index contributed by atoms with van der Waals surface area (Å²) in [4.78, 5) is 0. The monoisotopic (exact) mass is 342 g/mol. The Kier molecular flexibility index (Phi) is 6.74. The average Bonchev–Trinajstić information content (AvgIpc) is 2.66. The summed E-state index contributed by atoms with van der Waals surface area (Å²) in [6.45, 7) is 4.49. The van der Waals surface area contributed by atoms with E-state index in [1.807, 2.05) is 18.2 Å². The topological polar surface area (TPSA) is 38.7 Å². The predicted octanol–water partition coefficient (Wildman–Crippen LogP) is 5.69. The summed E-state index contributed by atoms with van der Waals surface area (Å²) >= 11 is 0. The van der Waals surface area contributed by atoms with Crippen LogP contribution in [0.1, 0.15) is 57.1 Å². The van der Waals surface area contributed by atoms with E-state index in [0.29, 0.717) is 11.5 Å². The predicted molar refractivity (Wildman–Crippen MR) is 103 cm³/mol. The number of aromatic hydroxyl groups is 1. The lowest BCUT2D eigenvalue weighted by Crippen LogP contribution is -2.24. The van der Waals surface area contributed by atoms with E-state index in [1.165, 1.54) is 24.8 Å². The average molecular weight is 342 g/mol. The van der Waals surface area contributed by atoms with Crippen LogP contribution in [0.2, 0.25) is 0 Å². The fourth-order valence-corrected chi connectivity index (χ4v) is 3.38. The smallest absolute Gasteiger partial charge is 0.200 e. The Bertz CT molecular complexity index is 641. The first-order valence-corrected chi connectivity index (χ1v) is 9.07. The lowest BCUT2D eigenvalue weighted by atomic mass is 9.72. The molecular formula is C22H30O3. The van der Waals surface area contributed by atoms with Gasteiger partial charge in [-0.3, -0.25) is 0 Å². The highest BCUT2D eigenvalue weighted by Gasteiger charge is 2.30. The quantitative estimate of drug-likeness (QED) is 0.595. The van der Waals surface area contributed by atoms with Gasteiger partial charge in [-0.05, 0) is 29.7 Å². The minimum Gasteiger partial charge on any atom is -0.502 e. The van der Waals surface area contributed by atoms with Crippen molar-refractivity contribution in [1.82, 2.24) is 0 Å². The summed E-state index contributed by atoms with van der Waals surface area (Å²) in [7, 11) is 3.14. The summed E-state index contributed by atoms with van der Waals surface area (Å²) in [5, 5.41) is 10.2. The second-order valence-corrected chi connectivity index (χ2v) is 6.74. The molecule has 1 unspecified atom stereocenters. The first kappa shape index (κ1) is 19.2. The summed E-state index contributed by atoms with van der Waals surface area (Å²) in [6, 6.07) is 14.4. The van der Waals surface area contributed by atoms with Gasteiger partial charge in [-0.15, -0.1) is 0 Å². The molecule has 0 fully saturated rings. The van der Waals surface area contributed by atoms with Gasteiger partial charge in [0.15, 0.2) is 11.5 Å². The van der Waals surface area contributed by atoms with Crippen LogP contribution in [0.5, 0.6) is 17.2 Å². The molecule has 0 aliphatic carbocycles. The zero-order valence-electron chi connectivity index (χ0n) is 15.8. The van der Waals surface area contributed by atoms with Gasteiger partial charge in [0, 0.05) is 5.41 Å². The van der Waals surface area contributed by atoms with Crippen molar-refractivity contribution in [3.8, 4) is 17.2 Å². The van der Waals surface area contributed by atoms with Crippen molar-refractivity contribution in [2.24, 2.45) is 0 Å². The number of phenols is 1. The molecule has 2 aromatic carbocycles. The summed E-state index contributed by atoms with van der Waals surface area (Å²) in [5.41, 5.74) is 2.20. The molecule has 0 heterocycles. The van der Waals surface area contributed by atoms with Crippen LogP contribution in [-0.4, -0.2) is 19.3 Å². The molecule has 0 saturated carbocycles. The van der Waals surface area contributed by atoms with Crippen LogP contribution >= 0.6 is 0 Å². The Morgan fingerprint density at radius 3 is 2.00 bits per heavy atom. The number of ether oxygens (including phenoxy) is 2. The Hall–Kier alpha value is -2.16. The molecule has 2 aromatic rings. The molecular weight excluding hydrogens is 312 g/mol. The van der Waals surface area contributed by atoms with Crippen LogP contribution in [0.15, 0.2) is 42.5 Å². The van der Waals surface area contributed by atoms with E-state index in [4.69, 9.17) is 9.47 Å². The Labute approximate surface area is 151 Å². The van der Waals surface area contributed by atoms with E-state index in [1.54, 1.807) is 14.2 Å². The molecule has 25 heavy (non-hydrogen) atoms. The fourth-order valence-electron chi connectivity index (χ4n) is 3.38. The second kappa shape index (κ2) is 8.80. The molecule has 0 amide bonds. The third-order valence-corrected chi connectivity index (χ3v) is 5.06. The van der Waals surface area contributed by atoms with Gasteiger partial charge in [-0.2, -0.15) is 0 Å². The number of hydrogen-bond donors (Lipinski definition) is 1. The third kappa shape index (κ3) is 4.28. The van der Waals surface area contributed by atoms with Gasteiger partial charge in [-0.1, -0.05) is 69.9 Å². The Morgan fingerprint density at radius 1 is 0.880 bits per heavy atom. The van der Waals surface area contributed by atoms with Gasteiger partial charge in [0.1, 0.15) is 0 Å². The zero-order valence-corrected chi connectivity index (χ0v) is 15.8. The van der Waals surface area contributed by atoms with Crippen molar-refractivity contribution in [3.63, 3.8) is 0 Å². The largest absolute Gasteiger partial charge is 0.502 e. The highest BCUT2D eigenvalue weighted by Crippen LogP contribution is 2.44. The van der Waals surface area contributed by atoms with Crippen molar-refractivity contribution in [2.75, 3.05) is 14.2 Å². The van der Waals surface area contributed by atoms with Gasteiger partial charge in [0.25, 0.3) is 0 Å². The third-order valence-electron chi connectivity index (χ3n) is 5.06. The number of benzene rings is 2. The van der Waals surface area contributed by atoms with E-state index in [0.717, 1.165) is 18.4 Å². The summed E-state index contributed by atoms with van der Waals surface area (Å²) in [5.74, 6) is 0.949. The lowest BCUT2D eigenvalue weighted by molar-refractivity contribution is 0.337. The van der Waals surface area contributed by atoms with E-state index in [2.05, 4.69) is 38.1 Å². The summed E-state index contributed by atoms with van der Waals surface area (Å²) in [6.07, 6.45) is 5.90. The molecule has 136 valence electrons. The van der Waals surface area contributed by atoms with Crippen molar-refractivity contribution in [2.45, 2.75) is 51.4 Å². The van der Waals surface area contributed by atoms with Crippen LogP contribution in [0, 0.1) is 0 Å². The van der Waals surface area contributed by atoms with Gasteiger partial charge in [0.05, 0.1) is 14.2 Å². The number of phenolic OH excluding ortho intramolecular Hbond substituents is 1. The minimum absolute atomic E-state index is 0.0511. The molecule has 0 saturated heterocycles. The van der Waals surface area contributed by atoms with E-state index in [9.17, 15) is 5.11 Å².